The Morgan fingerprint density at radius 2 is 2.00 bits per heavy atom. The molecule has 1 aliphatic rings. The van der Waals surface area contributed by atoms with Gasteiger partial charge in [-0.2, -0.15) is 5.10 Å². The number of aldehydes is 1. The molecule has 0 atom stereocenters. The zero-order chi connectivity index (χ0) is 22.4. The van der Waals surface area contributed by atoms with E-state index >= 15 is 0 Å². The maximum Gasteiger partial charge on any atom is 0.161 e. The molecule has 7 nitrogen and oxygen atoms in total. The van der Waals surface area contributed by atoms with E-state index in [1.807, 2.05) is 0 Å². The standard InChI is InChI=1S/C13H13N3O3.C9H11F2N/c17-7-9-5-11(12-14-8-15-16(12)6-9)13(19)3-1-10(18)2-4-13;1-12-6-8-4-2-3-7(5-10)9(8)11/h5-8,19H,1-4H2;2-4,12H,5-6H2,1H3. The molecule has 3 aromatic rings. The van der Waals surface area contributed by atoms with Crippen molar-refractivity contribution in [3.05, 3.63) is 64.9 Å². The molecule has 1 fully saturated rings. The van der Waals surface area contributed by atoms with E-state index < -0.39 is 18.1 Å². The van der Waals surface area contributed by atoms with Crippen LogP contribution in [-0.2, 0) is 23.6 Å². The van der Waals surface area contributed by atoms with E-state index in [0.717, 1.165) is 0 Å². The lowest BCUT2D eigenvalue weighted by atomic mass is 9.79. The molecule has 2 N–H and O–H groups in total. The number of halogens is 2. The third-order valence-electron chi connectivity index (χ3n) is 5.34. The number of benzene rings is 1. The summed E-state index contributed by atoms with van der Waals surface area (Å²) in [5.41, 5.74) is 1.06. The molecule has 0 saturated heterocycles. The van der Waals surface area contributed by atoms with Crippen molar-refractivity contribution in [2.45, 2.75) is 44.5 Å². The molecule has 31 heavy (non-hydrogen) atoms. The first-order valence-corrected chi connectivity index (χ1v) is 9.92. The number of fused-ring (bicyclic) bond motifs is 1. The van der Waals surface area contributed by atoms with Crippen molar-refractivity contribution in [3.8, 4) is 0 Å². The number of alkyl halides is 1. The summed E-state index contributed by atoms with van der Waals surface area (Å²) >= 11 is 0. The second-order valence-corrected chi connectivity index (χ2v) is 7.46. The molecule has 1 aliphatic carbocycles. The molecule has 0 radical (unpaired) electrons. The minimum atomic E-state index is -1.11. The molecule has 2 heterocycles. The number of pyridine rings is 1. The number of nitrogens with one attached hydrogen (secondary N) is 1. The Kier molecular flexibility index (Phi) is 7.19. The second kappa shape index (κ2) is 9.84. The van der Waals surface area contributed by atoms with Gasteiger partial charge in [0.2, 0.25) is 0 Å². The highest BCUT2D eigenvalue weighted by Gasteiger charge is 2.36. The first-order chi connectivity index (χ1) is 14.9. The van der Waals surface area contributed by atoms with Gasteiger partial charge in [-0.3, -0.25) is 9.59 Å². The largest absolute Gasteiger partial charge is 0.385 e. The number of rotatable bonds is 5. The Labute approximate surface area is 178 Å². The number of carbonyl (C=O) groups excluding carboxylic acids is 2. The molecule has 0 spiro atoms. The number of ketones is 1. The summed E-state index contributed by atoms with van der Waals surface area (Å²) in [6.07, 6.45) is 5.07. The SMILES string of the molecule is CNCc1cccc(CF)c1F.O=Cc1cc(C2(O)CCC(=O)CC2)c2ncnn2c1. The first kappa shape index (κ1) is 22.6. The fourth-order valence-electron chi connectivity index (χ4n) is 3.63. The summed E-state index contributed by atoms with van der Waals surface area (Å²) in [7, 11) is 1.72. The highest BCUT2D eigenvalue weighted by Crippen LogP contribution is 2.37. The summed E-state index contributed by atoms with van der Waals surface area (Å²) in [5, 5.41) is 17.6. The normalized spacial score (nSPS) is 15.4. The van der Waals surface area contributed by atoms with Gasteiger partial charge >= 0.3 is 0 Å². The molecule has 164 valence electrons. The number of aromatic nitrogens is 3. The van der Waals surface area contributed by atoms with Gasteiger partial charge in [0, 0.05) is 47.8 Å². The van der Waals surface area contributed by atoms with Gasteiger partial charge < -0.3 is 10.4 Å². The van der Waals surface area contributed by atoms with E-state index in [2.05, 4.69) is 15.4 Å². The summed E-state index contributed by atoms with van der Waals surface area (Å²) in [5.74, 6) is -0.275. The third-order valence-corrected chi connectivity index (χ3v) is 5.34. The molecule has 0 aliphatic heterocycles. The van der Waals surface area contributed by atoms with E-state index in [-0.39, 0.29) is 11.3 Å². The highest BCUT2D eigenvalue weighted by atomic mass is 19.1. The van der Waals surface area contributed by atoms with Gasteiger partial charge in [-0.05, 0) is 26.0 Å². The minimum absolute atomic E-state index is 0.128. The van der Waals surface area contributed by atoms with Gasteiger partial charge in [-0.15, -0.1) is 0 Å². The van der Waals surface area contributed by atoms with Crippen LogP contribution in [0.15, 0.2) is 36.8 Å². The number of hydrogen-bond donors (Lipinski definition) is 2. The quantitative estimate of drug-likeness (QED) is 0.605. The number of aliphatic hydroxyl groups is 1. The first-order valence-electron chi connectivity index (χ1n) is 9.92. The highest BCUT2D eigenvalue weighted by molar-refractivity contribution is 5.80. The number of nitrogens with zero attached hydrogens (tertiary/aromatic N) is 3. The van der Waals surface area contributed by atoms with Gasteiger partial charge in [0.15, 0.2) is 11.9 Å². The monoisotopic (exact) mass is 430 g/mol. The van der Waals surface area contributed by atoms with Crippen LogP contribution in [0.25, 0.3) is 5.65 Å². The van der Waals surface area contributed by atoms with Crippen LogP contribution >= 0.6 is 0 Å². The van der Waals surface area contributed by atoms with Gasteiger partial charge in [-0.1, -0.05) is 18.2 Å². The lowest BCUT2D eigenvalue weighted by Gasteiger charge is -2.32. The number of hydrogen-bond acceptors (Lipinski definition) is 6. The molecular formula is C22H24F2N4O3. The predicted molar refractivity (Wildman–Crippen MR) is 110 cm³/mol. The zero-order valence-electron chi connectivity index (χ0n) is 17.1. The van der Waals surface area contributed by atoms with Crippen molar-refractivity contribution in [1.29, 1.82) is 0 Å². The lowest BCUT2D eigenvalue weighted by molar-refractivity contribution is -0.125. The maximum absolute atomic E-state index is 13.2. The molecule has 1 aromatic carbocycles. The molecular weight excluding hydrogens is 406 g/mol. The summed E-state index contributed by atoms with van der Waals surface area (Å²) in [6.45, 7) is -0.316. The van der Waals surface area contributed by atoms with Crippen molar-refractivity contribution in [2.24, 2.45) is 0 Å². The average molecular weight is 430 g/mol. The zero-order valence-corrected chi connectivity index (χ0v) is 17.1. The number of carbonyl (C=O) groups is 2. The van der Waals surface area contributed by atoms with Crippen LogP contribution in [-0.4, -0.2) is 38.8 Å². The van der Waals surface area contributed by atoms with Crippen LogP contribution in [0.4, 0.5) is 8.78 Å². The van der Waals surface area contributed by atoms with Crippen molar-refractivity contribution in [1.82, 2.24) is 19.9 Å². The lowest BCUT2D eigenvalue weighted by Crippen LogP contribution is -2.32. The van der Waals surface area contributed by atoms with Crippen LogP contribution < -0.4 is 5.32 Å². The van der Waals surface area contributed by atoms with E-state index in [1.165, 1.54) is 16.9 Å². The van der Waals surface area contributed by atoms with E-state index in [4.69, 9.17) is 0 Å². The Balaban J connectivity index is 0.000000196. The molecule has 4 rings (SSSR count). The van der Waals surface area contributed by atoms with Crippen LogP contribution in [0.2, 0.25) is 0 Å². The van der Waals surface area contributed by atoms with Crippen molar-refractivity contribution in [2.75, 3.05) is 7.05 Å². The molecule has 0 amide bonds. The van der Waals surface area contributed by atoms with Crippen molar-refractivity contribution >= 4 is 17.7 Å². The van der Waals surface area contributed by atoms with Crippen LogP contribution in [0, 0.1) is 5.82 Å². The van der Waals surface area contributed by atoms with Crippen LogP contribution in [0.1, 0.15) is 52.7 Å². The van der Waals surface area contributed by atoms with Crippen LogP contribution in [0.5, 0.6) is 0 Å². The van der Waals surface area contributed by atoms with Crippen molar-refractivity contribution < 1.29 is 23.5 Å². The van der Waals surface area contributed by atoms with E-state index in [9.17, 15) is 23.5 Å². The second-order valence-electron chi connectivity index (χ2n) is 7.46. The molecule has 0 bridgehead atoms. The average Bonchev–Trinajstić information content (AvgIpc) is 3.26. The van der Waals surface area contributed by atoms with Gasteiger partial charge in [-0.25, -0.2) is 18.3 Å². The predicted octanol–water partition coefficient (Wildman–Crippen LogP) is 2.89. The Hall–Kier alpha value is -3.04. The Morgan fingerprint density at radius 1 is 1.29 bits per heavy atom. The van der Waals surface area contributed by atoms with E-state index in [1.54, 1.807) is 31.4 Å². The molecule has 0 unspecified atom stereocenters. The Bertz CT molecular complexity index is 1070. The number of Topliss-reactive ketones (excluding diaryl/α,β-unsaturated/α-hetero) is 1. The van der Waals surface area contributed by atoms with Crippen molar-refractivity contribution in [3.63, 3.8) is 0 Å². The fraction of sp³-hybridized carbons (Fsp3) is 0.364. The minimum Gasteiger partial charge on any atom is -0.385 e. The maximum atomic E-state index is 13.2. The smallest absolute Gasteiger partial charge is 0.161 e. The summed E-state index contributed by atoms with van der Waals surface area (Å²) < 4.78 is 26.8. The third kappa shape index (κ3) is 5.00. The van der Waals surface area contributed by atoms with Gasteiger partial charge in [0.25, 0.3) is 0 Å². The molecule has 9 heteroatoms. The topological polar surface area (TPSA) is 96.6 Å². The summed E-state index contributed by atoms with van der Waals surface area (Å²) in [6, 6.07) is 6.39. The fourth-order valence-corrected chi connectivity index (χ4v) is 3.63. The molecule has 1 saturated carbocycles. The molecule has 2 aromatic heterocycles. The van der Waals surface area contributed by atoms with Gasteiger partial charge in [0.1, 0.15) is 24.6 Å². The van der Waals surface area contributed by atoms with E-state index in [0.29, 0.717) is 60.9 Å². The van der Waals surface area contributed by atoms with Crippen LogP contribution in [0.3, 0.4) is 0 Å². The Morgan fingerprint density at radius 3 is 2.65 bits per heavy atom. The summed E-state index contributed by atoms with van der Waals surface area (Å²) in [4.78, 5) is 26.4. The van der Waals surface area contributed by atoms with Gasteiger partial charge in [0.05, 0.1) is 5.60 Å².